The van der Waals surface area contributed by atoms with Crippen LogP contribution in [0.1, 0.15) is 36.7 Å². The Labute approximate surface area is 126 Å². The summed E-state index contributed by atoms with van der Waals surface area (Å²) in [5.74, 6) is -1.38. The van der Waals surface area contributed by atoms with Crippen molar-refractivity contribution in [3.8, 4) is 0 Å². The van der Waals surface area contributed by atoms with Crippen LogP contribution in [0.4, 0.5) is 0 Å². The quantitative estimate of drug-likeness (QED) is 0.803. The van der Waals surface area contributed by atoms with Gasteiger partial charge in [0.25, 0.3) is 0 Å². The third-order valence-corrected chi connectivity index (χ3v) is 6.82. The summed E-state index contributed by atoms with van der Waals surface area (Å²) in [4.78, 5) is 12.1. The van der Waals surface area contributed by atoms with Gasteiger partial charge < -0.3 is 10.2 Å². The molecule has 1 aliphatic rings. The molecule has 6 heteroatoms. The molecule has 0 bridgehead atoms. The van der Waals surface area contributed by atoms with Gasteiger partial charge >= 0.3 is 5.97 Å². The Morgan fingerprint density at radius 2 is 2.06 bits per heavy atom. The number of carboxylic acid groups (broad SMARTS) is 1. The van der Waals surface area contributed by atoms with Gasteiger partial charge in [0, 0.05) is 15.3 Å². The number of carbonyl (C=O) groups is 1. The fourth-order valence-corrected chi connectivity index (χ4v) is 4.72. The average molecular weight is 398 g/mol. The van der Waals surface area contributed by atoms with Crippen molar-refractivity contribution in [3.63, 3.8) is 0 Å². The molecule has 2 rings (SSSR count). The van der Waals surface area contributed by atoms with Crippen molar-refractivity contribution in [1.29, 1.82) is 0 Å². The van der Waals surface area contributed by atoms with Gasteiger partial charge in [-0.15, -0.1) is 11.3 Å². The number of rotatable bonds is 3. The van der Waals surface area contributed by atoms with E-state index in [0.29, 0.717) is 6.42 Å². The zero-order valence-corrected chi connectivity index (χ0v) is 13.6. The Morgan fingerprint density at radius 1 is 1.39 bits per heavy atom. The molecule has 0 amide bonds. The van der Waals surface area contributed by atoms with Crippen LogP contribution in [-0.4, -0.2) is 16.2 Å². The highest BCUT2D eigenvalue weighted by atomic mass is 79.9. The van der Waals surface area contributed by atoms with Gasteiger partial charge in [-0.25, -0.2) is 0 Å². The van der Waals surface area contributed by atoms with Crippen molar-refractivity contribution in [2.45, 2.75) is 31.8 Å². The molecule has 0 radical (unpaired) electrons. The minimum absolute atomic E-state index is 0.173. The summed E-state index contributed by atoms with van der Waals surface area (Å²) in [5, 5.41) is 19.6. The molecular weight excluding hydrogens is 384 g/mol. The molecule has 3 unspecified atom stereocenters. The predicted molar refractivity (Wildman–Crippen MR) is 77.8 cm³/mol. The number of halogens is 2. The molecule has 1 fully saturated rings. The van der Waals surface area contributed by atoms with Gasteiger partial charge in [-0.05, 0) is 50.8 Å². The highest BCUT2D eigenvalue weighted by Crippen LogP contribution is 2.43. The lowest BCUT2D eigenvalue weighted by Crippen LogP contribution is -2.31. The summed E-state index contributed by atoms with van der Waals surface area (Å²) in [7, 11) is 0. The minimum atomic E-state index is -0.784. The predicted octanol–water partition coefficient (Wildman–Crippen LogP) is 4.20. The lowest BCUT2D eigenvalue weighted by Gasteiger charge is -2.31. The number of aliphatic hydroxyl groups is 1. The Morgan fingerprint density at radius 3 is 2.61 bits per heavy atom. The molecule has 0 saturated heterocycles. The molecule has 100 valence electrons. The van der Waals surface area contributed by atoms with Crippen molar-refractivity contribution in [1.82, 2.24) is 0 Å². The zero-order valence-electron chi connectivity index (χ0n) is 9.60. The van der Waals surface area contributed by atoms with Crippen LogP contribution in [0, 0.1) is 11.8 Å². The van der Waals surface area contributed by atoms with Crippen molar-refractivity contribution in [3.05, 3.63) is 19.2 Å². The Bertz CT molecular complexity index is 427. The van der Waals surface area contributed by atoms with Gasteiger partial charge in [-0.1, -0.05) is 12.8 Å². The van der Waals surface area contributed by atoms with Crippen molar-refractivity contribution in [2.75, 3.05) is 0 Å². The van der Waals surface area contributed by atoms with Crippen LogP contribution in [0.3, 0.4) is 0 Å². The maximum absolute atomic E-state index is 11.2. The number of thiophene rings is 1. The molecular formula is C12H14Br2O3S. The van der Waals surface area contributed by atoms with Crippen LogP contribution in [0.25, 0.3) is 0 Å². The van der Waals surface area contributed by atoms with E-state index in [1.165, 1.54) is 11.3 Å². The topological polar surface area (TPSA) is 57.5 Å². The molecule has 0 aromatic carbocycles. The molecule has 0 spiro atoms. The standard InChI is InChI=1S/C12H14Br2O3S/c13-8-5-9(18-11(8)14)10(15)6-3-1-2-4-7(6)12(16)17/h5-7,10,15H,1-4H2,(H,16,17). The van der Waals surface area contributed by atoms with E-state index in [-0.39, 0.29) is 5.92 Å². The van der Waals surface area contributed by atoms with Crippen molar-refractivity contribution < 1.29 is 15.0 Å². The van der Waals surface area contributed by atoms with E-state index in [0.717, 1.165) is 32.4 Å². The van der Waals surface area contributed by atoms with Gasteiger partial charge in [-0.2, -0.15) is 0 Å². The highest BCUT2D eigenvalue weighted by molar-refractivity contribution is 9.13. The van der Waals surface area contributed by atoms with Gasteiger partial charge in [-0.3, -0.25) is 4.79 Å². The molecule has 2 N–H and O–H groups in total. The van der Waals surface area contributed by atoms with Crippen molar-refractivity contribution in [2.24, 2.45) is 11.8 Å². The third-order valence-electron chi connectivity index (χ3n) is 3.50. The molecule has 1 heterocycles. The number of aliphatic hydroxyl groups excluding tert-OH is 1. The minimum Gasteiger partial charge on any atom is -0.481 e. The molecule has 3 nitrogen and oxygen atoms in total. The Kier molecular flexibility index (Phi) is 4.86. The number of hydrogen-bond acceptors (Lipinski definition) is 3. The molecule has 1 aromatic rings. The van der Waals surface area contributed by atoms with Crippen molar-refractivity contribution >= 4 is 49.2 Å². The number of aliphatic carboxylic acids is 1. The fraction of sp³-hybridized carbons (Fsp3) is 0.583. The first-order valence-corrected chi connectivity index (χ1v) is 8.26. The molecule has 0 aliphatic heterocycles. The summed E-state index contributed by atoms with van der Waals surface area (Å²) in [6, 6.07) is 1.87. The van der Waals surface area contributed by atoms with E-state index < -0.39 is 18.0 Å². The van der Waals surface area contributed by atoms with E-state index in [1.54, 1.807) is 0 Å². The molecule has 18 heavy (non-hydrogen) atoms. The summed E-state index contributed by atoms with van der Waals surface area (Å²) < 4.78 is 1.84. The molecule has 3 atom stereocenters. The monoisotopic (exact) mass is 396 g/mol. The van der Waals surface area contributed by atoms with Crippen LogP contribution in [0.15, 0.2) is 14.3 Å². The number of hydrogen-bond donors (Lipinski definition) is 2. The highest BCUT2D eigenvalue weighted by Gasteiger charge is 2.36. The summed E-state index contributed by atoms with van der Waals surface area (Å²) in [6.07, 6.45) is 2.71. The molecule has 1 aliphatic carbocycles. The third kappa shape index (κ3) is 2.98. The lowest BCUT2D eigenvalue weighted by molar-refractivity contribution is -0.147. The second-order valence-corrected chi connectivity index (χ2v) is 7.86. The Hall–Kier alpha value is 0.0900. The van der Waals surface area contributed by atoms with E-state index >= 15 is 0 Å². The average Bonchev–Trinajstić information content (AvgIpc) is 2.68. The van der Waals surface area contributed by atoms with Crippen LogP contribution in [0.2, 0.25) is 0 Å². The van der Waals surface area contributed by atoms with Gasteiger partial charge in [0.1, 0.15) is 0 Å². The second kappa shape index (κ2) is 6.03. The lowest BCUT2D eigenvalue weighted by atomic mass is 9.76. The van der Waals surface area contributed by atoms with E-state index in [1.807, 2.05) is 6.07 Å². The molecule has 1 aromatic heterocycles. The fourth-order valence-electron chi connectivity index (χ4n) is 2.56. The number of carboxylic acids is 1. The smallest absolute Gasteiger partial charge is 0.306 e. The van der Waals surface area contributed by atoms with Crippen LogP contribution >= 0.6 is 43.2 Å². The van der Waals surface area contributed by atoms with Gasteiger partial charge in [0.15, 0.2) is 0 Å². The largest absolute Gasteiger partial charge is 0.481 e. The van der Waals surface area contributed by atoms with Crippen LogP contribution < -0.4 is 0 Å². The van der Waals surface area contributed by atoms with Crippen LogP contribution in [-0.2, 0) is 4.79 Å². The van der Waals surface area contributed by atoms with Gasteiger partial charge in [0.05, 0.1) is 15.8 Å². The maximum Gasteiger partial charge on any atom is 0.306 e. The normalized spacial score (nSPS) is 25.9. The van der Waals surface area contributed by atoms with Gasteiger partial charge in [0.2, 0.25) is 0 Å². The first-order chi connectivity index (χ1) is 8.50. The summed E-state index contributed by atoms with van der Waals surface area (Å²) in [5.41, 5.74) is 0. The van der Waals surface area contributed by atoms with E-state index in [4.69, 9.17) is 0 Å². The first-order valence-electron chi connectivity index (χ1n) is 5.86. The van der Waals surface area contributed by atoms with E-state index in [2.05, 4.69) is 31.9 Å². The van der Waals surface area contributed by atoms with Crippen LogP contribution in [0.5, 0.6) is 0 Å². The maximum atomic E-state index is 11.2. The summed E-state index contributed by atoms with van der Waals surface area (Å²) >= 11 is 8.24. The zero-order chi connectivity index (χ0) is 13.3. The Balaban J connectivity index is 2.20. The summed E-state index contributed by atoms with van der Waals surface area (Å²) in [6.45, 7) is 0. The second-order valence-electron chi connectivity index (χ2n) is 4.61. The first kappa shape index (κ1) is 14.5. The van der Waals surface area contributed by atoms with E-state index in [9.17, 15) is 15.0 Å². The molecule has 1 saturated carbocycles. The SMILES string of the molecule is O=C(O)C1CCCCC1C(O)c1cc(Br)c(Br)s1.